The van der Waals surface area contributed by atoms with E-state index in [0.29, 0.717) is 5.49 Å². The third-order valence-corrected chi connectivity index (χ3v) is 1.65. The number of hydrogen-bond acceptors (Lipinski definition) is 1. The van der Waals surface area contributed by atoms with Gasteiger partial charge in [-0.05, 0) is 6.92 Å². The predicted molar refractivity (Wildman–Crippen MR) is 35.0 cm³/mol. The Kier molecular flexibility index (Phi) is 1.20. The van der Waals surface area contributed by atoms with Crippen molar-refractivity contribution in [1.29, 1.82) is 5.41 Å². The Labute approximate surface area is 54.0 Å². The summed E-state index contributed by atoms with van der Waals surface area (Å²) >= 11 is 0. The molecule has 9 heavy (non-hydrogen) atoms. The first kappa shape index (κ1) is 6.13. The zero-order chi connectivity index (χ0) is 7.02. The SMILES string of the molecule is Cc1cc(=N)n(C)n1C. The Bertz CT molecular complexity index is 266. The van der Waals surface area contributed by atoms with Crippen molar-refractivity contribution in [3.05, 3.63) is 17.2 Å². The van der Waals surface area contributed by atoms with Crippen molar-refractivity contribution in [2.75, 3.05) is 0 Å². The van der Waals surface area contributed by atoms with Gasteiger partial charge in [-0.25, -0.2) is 0 Å². The molecular weight excluding hydrogens is 114 g/mol. The molecule has 1 aromatic rings. The van der Waals surface area contributed by atoms with E-state index in [0.717, 1.165) is 5.69 Å². The van der Waals surface area contributed by atoms with Crippen LogP contribution in [0.15, 0.2) is 6.07 Å². The summed E-state index contributed by atoms with van der Waals surface area (Å²) in [5.41, 5.74) is 1.66. The summed E-state index contributed by atoms with van der Waals surface area (Å²) < 4.78 is 3.72. The molecule has 0 aromatic carbocycles. The molecule has 0 saturated heterocycles. The lowest BCUT2D eigenvalue weighted by Crippen LogP contribution is -2.16. The molecule has 1 N–H and O–H groups in total. The van der Waals surface area contributed by atoms with Crippen LogP contribution in [0.25, 0.3) is 0 Å². The zero-order valence-electron chi connectivity index (χ0n) is 5.97. The monoisotopic (exact) mass is 125 g/mol. The van der Waals surface area contributed by atoms with Crippen LogP contribution in [-0.4, -0.2) is 9.36 Å². The first-order chi connectivity index (χ1) is 4.13. The largest absolute Gasteiger partial charge is 0.292 e. The van der Waals surface area contributed by atoms with Crippen molar-refractivity contribution in [3.63, 3.8) is 0 Å². The first-order valence-corrected chi connectivity index (χ1v) is 2.87. The van der Waals surface area contributed by atoms with Gasteiger partial charge in [0.15, 0.2) is 0 Å². The minimum atomic E-state index is 0.551. The molecule has 1 aromatic heterocycles. The molecule has 0 aliphatic heterocycles. The van der Waals surface area contributed by atoms with Crippen molar-refractivity contribution >= 4 is 0 Å². The summed E-state index contributed by atoms with van der Waals surface area (Å²) in [6.07, 6.45) is 0. The van der Waals surface area contributed by atoms with Gasteiger partial charge in [-0.3, -0.25) is 14.8 Å². The Morgan fingerprint density at radius 2 is 1.89 bits per heavy atom. The molecule has 3 nitrogen and oxygen atoms in total. The van der Waals surface area contributed by atoms with Gasteiger partial charge in [0.1, 0.15) is 5.49 Å². The number of aromatic nitrogens is 2. The molecule has 0 atom stereocenters. The van der Waals surface area contributed by atoms with Crippen LogP contribution in [0, 0.1) is 12.3 Å². The van der Waals surface area contributed by atoms with E-state index in [4.69, 9.17) is 5.41 Å². The highest BCUT2D eigenvalue weighted by Crippen LogP contribution is 1.87. The van der Waals surface area contributed by atoms with Crippen molar-refractivity contribution < 1.29 is 0 Å². The minimum absolute atomic E-state index is 0.551. The summed E-state index contributed by atoms with van der Waals surface area (Å²) in [7, 11) is 3.81. The second kappa shape index (κ2) is 1.76. The second-order valence-electron chi connectivity index (χ2n) is 2.22. The molecule has 0 radical (unpaired) electrons. The van der Waals surface area contributed by atoms with Crippen LogP contribution in [0.1, 0.15) is 5.69 Å². The van der Waals surface area contributed by atoms with Gasteiger partial charge in [0, 0.05) is 25.9 Å². The van der Waals surface area contributed by atoms with E-state index < -0.39 is 0 Å². The summed E-state index contributed by atoms with van der Waals surface area (Å²) in [6, 6.07) is 1.83. The van der Waals surface area contributed by atoms with Crippen molar-refractivity contribution in [2.24, 2.45) is 14.1 Å². The standard InChI is InChI=1S/C6H11N3/c1-5-4-6(7)9(3)8(5)2/h4,7H,1-3H3. The molecule has 3 heteroatoms. The Balaban J connectivity index is 3.47. The van der Waals surface area contributed by atoms with E-state index in [-0.39, 0.29) is 0 Å². The Hall–Kier alpha value is -0.990. The second-order valence-corrected chi connectivity index (χ2v) is 2.22. The van der Waals surface area contributed by atoms with Crippen LogP contribution in [0.3, 0.4) is 0 Å². The quantitative estimate of drug-likeness (QED) is 0.512. The number of hydrogen-bond donors (Lipinski definition) is 1. The van der Waals surface area contributed by atoms with Crippen LogP contribution >= 0.6 is 0 Å². The molecule has 0 amide bonds. The molecule has 0 bridgehead atoms. The van der Waals surface area contributed by atoms with Crippen LogP contribution in [-0.2, 0) is 14.1 Å². The summed E-state index contributed by atoms with van der Waals surface area (Å²) in [6.45, 7) is 1.98. The van der Waals surface area contributed by atoms with Crippen LogP contribution in [0.2, 0.25) is 0 Å². The number of rotatable bonds is 0. The Morgan fingerprint density at radius 3 is 2.00 bits per heavy atom. The Morgan fingerprint density at radius 1 is 1.33 bits per heavy atom. The van der Waals surface area contributed by atoms with Gasteiger partial charge in [-0.1, -0.05) is 0 Å². The number of nitrogens with one attached hydrogen (secondary N) is 1. The fourth-order valence-corrected chi connectivity index (χ4v) is 0.783. The molecule has 1 heterocycles. The highest BCUT2D eigenvalue weighted by Gasteiger charge is 1.93. The van der Waals surface area contributed by atoms with E-state index >= 15 is 0 Å². The van der Waals surface area contributed by atoms with Crippen LogP contribution in [0.5, 0.6) is 0 Å². The molecule has 0 unspecified atom stereocenters. The lowest BCUT2D eigenvalue weighted by atomic mass is 10.5. The average Bonchev–Trinajstić information content (AvgIpc) is 1.98. The summed E-state index contributed by atoms with van der Waals surface area (Å²) in [4.78, 5) is 0. The van der Waals surface area contributed by atoms with Gasteiger partial charge >= 0.3 is 0 Å². The number of aryl methyl sites for hydroxylation is 1. The van der Waals surface area contributed by atoms with E-state index in [1.165, 1.54) is 0 Å². The molecular formula is C6H11N3. The van der Waals surface area contributed by atoms with Gasteiger partial charge in [-0.15, -0.1) is 0 Å². The third kappa shape index (κ3) is 0.781. The van der Waals surface area contributed by atoms with Crippen LogP contribution < -0.4 is 5.49 Å². The normalized spacial score (nSPS) is 10.1. The fourth-order valence-electron chi connectivity index (χ4n) is 0.783. The van der Waals surface area contributed by atoms with Gasteiger partial charge in [0.05, 0.1) is 0 Å². The van der Waals surface area contributed by atoms with Gasteiger partial charge in [-0.2, -0.15) is 0 Å². The molecule has 50 valence electrons. The minimum Gasteiger partial charge on any atom is -0.292 e. The smallest absolute Gasteiger partial charge is 0.141 e. The molecule has 0 aliphatic carbocycles. The molecule has 0 spiro atoms. The summed E-state index contributed by atoms with van der Waals surface area (Å²) in [5.74, 6) is 0. The lowest BCUT2D eigenvalue weighted by Gasteiger charge is -2.00. The fraction of sp³-hybridized carbons (Fsp3) is 0.500. The topological polar surface area (TPSA) is 33.7 Å². The van der Waals surface area contributed by atoms with Crippen LogP contribution in [0.4, 0.5) is 0 Å². The molecule has 0 aliphatic rings. The van der Waals surface area contributed by atoms with E-state index in [9.17, 15) is 0 Å². The maximum Gasteiger partial charge on any atom is 0.141 e. The summed E-state index contributed by atoms with van der Waals surface area (Å²) in [5, 5.41) is 7.32. The predicted octanol–water partition coefficient (Wildman–Crippen LogP) is 0.151. The molecule has 1 rings (SSSR count). The van der Waals surface area contributed by atoms with Crippen molar-refractivity contribution in [1.82, 2.24) is 9.36 Å². The van der Waals surface area contributed by atoms with E-state index in [2.05, 4.69) is 0 Å². The highest BCUT2D eigenvalue weighted by molar-refractivity contribution is 4.95. The molecule has 0 fully saturated rings. The highest BCUT2D eigenvalue weighted by atomic mass is 15.4. The van der Waals surface area contributed by atoms with Gasteiger partial charge < -0.3 is 0 Å². The maximum atomic E-state index is 7.32. The lowest BCUT2D eigenvalue weighted by molar-refractivity contribution is 0.556. The van der Waals surface area contributed by atoms with Gasteiger partial charge in [0.25, 0.3) is 0 Å². The molecule has 0 saturated carbocycles. The average molecular weight is 125 g/mol. The first-order valence-electron chi connectivity index (χ1n) is 2.87. The zero-order valence-corrected chi connectivity index (χ0v) is 5.97. The van der Waals surface area contributed by atoms with Gasteiger partial charge in [0.2, 0.25) is 0 Å². The van der Waals surface area contributed by atoms with E-state index in [1.54, 1.807) is 4.68 Å². The maximum absolute atomic E-state index is 7.32. The van der Waals surface area contributed by atoms with E-state index in [1.807, 2.05) is 31.8 Å². The number of nitrogens with zero attached hydrogens (tertiary/aromatic N) is 2. The third-order valence-electron chi connectivity index (χ3n) is 1.65. The van der Waals surface area contributed by atoms with Crippen molar-refractivity contribution in [3.8, 4) is 0 Å². The van der Waals surface area contributed by atoms with Crippen molar-refractivity contribution in [2.45, 2.75) is 6.92 Å².